The predicted octanol–water partition coefficient (Wildman–Crippen LogP) is 2.58. The van der Waals surface area contributed by atoms with Crippen LogP contribution in [0.2, 0.25) is 0 Å². The first-order valence-corrected chi connectivity index (χ1v) is 7.16. The van der Waals surface area contributed by atoms with E-state index in [9.17, 15) is 4.79 Å². The Hall–Kier alpha value is -1.87. The molecule has 1 atom stereocenters. The Labute approximate surface area is 119 Å². The number of carbonyl (C=O) groups is 1. The third kappa shape index (κ3) is 2.54. The summed E-state index contributed by atoms with van der Waals surface area (Å²) >= 11 is 0. The molecule has 0 radical (unpaired) electrons. The molecule has 1 aliphatic heterocycles. The van der Waals surface area contributed by atoms with E-state index >= 15 is 0 Å². The van der Waals surface area contributed by atoms with Crippen molar-refractivity contribution in [3.05, 3.63) is 47.5 Å². The number of rotatable bonds is 1. The standard InChI is InChI=1S/C17H20N2O/c1-12-3-4-15-10-16(6-5-14(15)9-12)17(20)19-8-7-18-13(2)11-19/h3-6,9-10,13,18H,7-8,11H2,1-2H3. The molecule has 1 saturated heterocycles. The molecule has 3 heteroatoms. The van der Waals surface area contributed by atoms with Gasteiger partial charge in [-0.2, -0.15) is 0 Å². The van der Waals surface area contributed by atoms with Gasteiger partial charge in [-0.3, -0.25) is 4.79 Å². The summed E-state index contributed by atoms with van der Waals surface area (Å²) in [5.41, 5.74) is 2.03. The van der Waals surface area contributed by atoms with E-state index in [-0.39, 0.29) is 5.91 Å². The molecule has 0 saturated carbocycles. The van der Waals surface area contributed by atoms with Crippen molar-refractivity contribution in [2.45, 2.75) is 19.9 Å². The molecular weight excluding hydrogens is 248 g/mol. The third-order valence-electron chi connectivity index (χ3n) is 3.90. The van der Waals surface area contributed by atoms with Crippen LogP contribution in [0.15, 0.2) is 36.4 Å². The van der Waals surface area contributed by atoms with Gasteiger partial charge in [-0.15, -0.1) is 0 Å². The summed E-state index contributed by atoms with van der Waals surface area (Å²) in [6.45, 7) is 6.64. The van der Waals surface area contributed by atoms with Crippen LogP contribution in [0.25, 0.3) is 10.8 Å². The van der Waals surface area contributed by atoms with Crippen LogP contribution in [-0.4, -0.2) is 36.5 Å². The molecule has 1 unspecified atom stereocenters. The number of nitrogens with zero attached hydrogens (tertiary/aromatic N) is 1. The molecule has 1 amide bonds. The Morgan fingerprint density at radius 1 is 1.20 bits per heavy atom. The van der Waals surface area contributed by atoms with Gasteiger partial charge in [0.05, 0.1) is 0 Å². The second kappa shape index (κ2) is 5.25. The summed E-state index contributed by atoms with van der Waals surface area (Å²) in [6, 6.07) is 12.7. The minimum absolute atomic E-state index is 0.140. The second-order valence-electron chi connectivity index (χ2n) is 5.67. The fourth-order valence-corrected chi connectivity index (χ4v) is 2.80. The number of nitrogens with one attached hydrogen (secondary N) is 1. The van der Waals surface area contributed by atoms with Crippen molar-refractivity contribution in [3.8, 4) is 0 Å². The molecule has 0 spiro atoms. The van der Waals surface area contributed by atoms with Gasteiger partial charge in [0.15, 0.2) is 0 Å². The number of benzene rings is 2. The average molecular weight is 268 g/mol. The highest BCUT2D eigenvalue weighted by Crippen LogP contribution is 2.19. The molecule has 104 valence electrons. The summed E-state index contributed by atoms with van der Waals surface area (Å²) in [5.74, 6) is 0.140. The van der Waals surface area contributed by atoms with Gasteiger partial charge in [0.25, 0.3) is 5.91 Å². The Kier molecular flexibility index (Phi) is 3.45. The SMILES string of the molecule is Cc1ccc2cc(C(=O)N3CCNC(C)C3)ccc2c1. The zero-order valence-electron chi connectivity index (χ0n) is 12.0. The van der Waals surface area contributed by atoms with E-state index in [1.165, 1.54) is 10.9 Å². The van der Waals surface area contributed by atoms with E-state index in [2.05, 4.69) is 37.4 Å². The molecule has 1 aliphatic rings. The van der Waals surface area contributed by atoms with E-state index in [4.69, 9.17) is 0 Å². The number of piperazine rings is 1. The summed E-state index contributed by atoms with van der Waals surface area (Å²) in [5, 5.41) is 5.68. The van der Waals surface area contributed by atoms with Gasteiger partial charge in [-0.25, -0.2) is 0 Å². The van der Waals surface area contributed by atoms with Crippen molar-refractivity contribution in [3.63, 3.8) is 0 Å². The van der Waals surface area contributed by atoms with Gasteiger partial charge in [0.2, 0.25) is 0 Å². The van der Waals surface area contributed by atoms with Gasteiger partial charge in [0.1, 0.15) is 0 Å². The topological polar surface area (TPSA) is 32.3 Å². The van der Waals surface area contributed by atoms with E-state index in [1.54, 1.807) is 0 Å². The molecule has 1 N–H and O–H groups in total. The quantitative estimate of drug-likeness (QED) is 0.862. The minimum Gasteiger partial charge on any atom is -0.336 e. The fourth-order valence-electron chi connectivity index (χ4n) is 2.80. The first kappa shape index (κ1) is 13.1. The van der Waals surface area contributed by atoms with Crippen molar-refractivity contribution >= 4 is 16.7 Å². The van der Waals surface area contributed by atoms with Crippen molar-refractivity contribution in [1.29, 1.82) is 0 Å². The lowest BCUT2D eigenvalue weighted by Crippen LogP contribution is -2.51. The first-order valence-electron chi connectivity index (χ1n) is 7.16. The Balaban J connectivity index is 1.89. The Morgan fingerprint density at radius 3 is 2.75 bits per heavy atom. The normalized spacial score (nSPS) is 19.3. The summed E-state index contributed by atoms with van der Waals surface area (Å²) < 4.78 is 0. The maximum Gasteiger partial charge on any atom is 0.253 e. The van der Waals surface area contributed by atoms with Crippen LogP contribution in [0.3, 0.4) is 0 Å². The van der Waals surface area contributed by atoms with Gasteiger partial charge < -0.3 is 10.2 Å². The van der Waals surface area contributed by atoms with Gasteiger partial charge >= 0.3 is 0 Å². The molecule has 20 heavy (non-hydrogen) atoms. The smallest absolute Gasteiger partial charge is 0.253 e. The largest absolute Gasteiger partial charge is 0.336 e. The van der Waals surface area contributed by atoms with Crippen molar-refractivity contribution in [2.24, 2.45) is 0 Å². The summed E-state index contributed by atoms with van der Waals surface area (Å²) in [6.07, 6.45) is 0. The molecule has 3 nitrogen and oxygen atoms in total. The molecule has 0 bridgehead atoms. The number of carbonyl (C=O) groups excluding carboxylic acids is 1. The summed E-state index contributed by atoms with van der Waals surface area (Å²) in [7, 11) is 0. The lowest BCUT2D eigenvalue weighted by molar-refractivity contribution is 0.0709. The van der Waals surface area contributed by atoms with Gasteiger partial charge in [-0.1, -0.05) is 29.8 Å². The highest BCUT2D eigenvalue weighted by Gasteiger charge is 2.21. The van der Waals surface area contributed by atoms with Crippen LogP contribution in [0.1, 0.15) is 22.8 Å². The van der Waals surface area contributed by atoms with Crippen molar-refractivity contribution < 1.29 is 4.79 Å². The number of amides is 1. The average Bonchev–Trinajstić information content (AvgIpc) is 2.46. The molecule has 1 heterocycles. The summed E-state index contributed by atoms with van der Waals surface area (Å²) in [4.78, 5) is 14.5. The molecule has 0 aliphatic carbocycles. The highest BCUT2D eigenvalue weighted by atomic mass is 16.2. The maximum atomic E-state index is 12.6. The predicted molar refractivity (Wildman–Crippen MR) is 82.1 cm³/mol. The monoisotopic (exact) mass is 268 g/mol. The third-order valence-corrected chi connectivity index (χ3v) is 3.90. The van der Waals surface area contributed by atoms with E-state index < -0.39 is 0 Å². The molecule has 2 aromatic rings. The van der Waals surface area contributed by atoms with E-state index in [0.717, 1.165) is 30.6 Å². The molecule has 1 fully saturated rings. The van der Waals surface area contributed by atoms with Crippen molar-refractivity contribution in [1.82, 2.24) is 10.2 Å². The maximum absolute atomic E-state index is 12.6. The van der Waals surface area contributed by atoms with Crippen LogP contribution in [-0.2, 0) is 0 Å². The lowest BCUT2D eigenvalue weighted by atomic mass is 10.0. The molecule has 0 aromatic heterocycles. The molecular formula is C17H20N2O. The number of fused-ring (bicyclic) bond motifs is 1. The number of hydrogen-bond donors (Lipinski definition) is 1. The van der Waals surface area contributed by atoms with Crippen LogP contribution in [0.4, 0.5) is 0 Å². The lowest BCUT2D eigenvalue weighted by Gasteiger charge is -2.32. The van der Waals surface area contributed by atoms with Crippen LogP contribution in [0.5, 0.6) is 0 Å². The molecule has 3 rings (SSSR count). The van der Waals surface area contributed by atoms with Crippen LogP contribution in [0, 0.1) is 6.92 Å². The van der Waals surface area contributed by atoms with E-state index in [0.29, 0.717) is 6.04 Å². The number of aryl methyl sites for hydroxylation is 1. The second-order valence-corrected chi connectivity index (χ2v) is 5.67. The Bertz CT molecular complexity index is 650. The van der Waals surface area contributed by atoms with Gasteiger partial charge in [0, 0.05) is 31.2 Å². The highest BCUT2D eigenvalue weighted by molar-refractivity contribution is 5.98. The zero-order valence-corrected chi connectivity index (χ0v) is 12.0. The minimum atomic E-state index is 0.140. The number of hydrogen-bond acceptors (Lipinski definition) is 2. The molecule has 2 aromatic carbocycles. The van der Waals surface area contributed by atoms with Crippen LogP contribution >= 0.6 is 0 Å². The fraction of sp³-hybridized carbons (Fsp3) is 0.353. The Morgan fingerprint density at radius 2 is 1.95 bits per heavy atom. The van der Waals surface area contributed by atoms with Crippen LogP contribution < -0.4 is 5.32 Å². The van der Waals surface area contributed by atoms with E-state index in [1.807, 2.05) is 23.1 Å². The van der Waals surface area contributed by atoms with Gasteiger partial charge in [-0.05, 0) is 36.8 Å². The first-order chi connectivity index (χ1) is 9.63. The zero-order chi connectivity index (χ0) is 14.1. The van der Waals surface area contributed by atoms with Crippen molar-refractivity contribution in [2.75, 3.05) is 19.6 Å².